The Morgan fingerprint density at radius 2 is 2.15 bits per heavy atom. The fraction of sp³-hybridized carbons (Fsp3) is 0.700. The largest absolute Gasteiger partial charge is 0.344 e. The number of hydrogen-bond donors (Lipinski definition) is 0. The Hall–Kier alpha value is -0.670. The van der Waals surface area contributed by atoms with Gasteiger partial charge in [0.2, 0.25) is 0 Å². The molecule has 1 saturated heterocycles. The van der Waals surface area contributed by atoms with Crippen LogP contribution in [0, 0.1) is 0 Å². The maximum absolute atomic E-state index is 11.3. The van der Waals surface area contributed by atoms with E-state index in [4.69, 9.17) is 9.47 Å². The normalized spacial score (nSPS) is 37.2. The Kier molecular flexibility index (Phi) is 1.82. The Balaban J connectivity index is 2.22. The smallest absolute Gasteiger partial charge is 0.164 e. The molecule has 2 atom stereocenters. The topological polar surface area (TPSA) is 35.5 Å². The Bertz CT molecular complexity index is 278. The number of hydrogen-bond acceptors (Lipinski definition) is 3. The second-order valence-electron chi connectivity index (χ2n) is 4.12. The minimum absolute atomic E-state index is 0.0345. The van der Waals surface area contributed by atoms with E-state index in [-0.39, 0.29) is 18.0 Å². The average molecular weight is 182 g/mol. The van der Waals surface area contributed by atoms with Gasteiger partial charge in [-0.3, -0.25) is 4.79 Å². The van der Waals surface area contributed by atoms with Crippen molar-refractivity contribution in [1.29, 1.82) is 0 Å². The number of allylic oxidation sites excluding steroid dienone is 1. The lowest BCUT2D eigenvalue weighted by Gasteiger charge is -2.18. The number of ether oxygens (including phenoxy) is 2. The second-order valence-corrected chi connectivity index (χ2v) is 4.12. The van der Waals surface area contributed by atoms with Gasteiger partial charge in [-0.15, -0.1) is 0 Å². The highest BCUT2D eigenvalue weighted by molar-refractivity contribution is 5.96. The van der Waals surface area contributed by atoms with Crippen LogP contribution in [0.1, 0.15) is 27.2 Å². The quantitative estimate of drug-likeness (QED) is 0.568. The highest BCUT2D eigenvalue weighted by Crippen LogP contribution is 2.34. The SMILES string of the molecule is CC1=C[C@@H]2OC(C)(C)O[C@@H]2CC1=O. The third kappa shape index (κ3) is 1.54. The third-order valence-corrected chi connectivity index (χ3v) is 2.46. The van der Waals surface area contributed by atoms with E-state index in [1.165, 1.54) is 0 Å². The van der Waals surface area contributed by atoms with Gasteiger partial charge in [-0.05, 0) is 32.4 Å². The van der Waals surface area contributed by atoms with Crippen molar-refractivity contribution < 1.29 is 14.3 Å². The first-order valence-corrected chi connectivity index (χ1v) is 4.55. The van der Waals surface area contributed by atoms with E-state index in [1.807, 2.05) is 26.8 Å². The minimum atomic E-state index is -0.545. The molecule has 1 fully saturated rings. The van der Waals surface area contributed by atoms with E-state index in [1.54, 1.807) is 0 Å². The summed E-state index contributed by atoms with van der Waals surface area (Å²) in [5.41, 5.74) is 0.794. The first-order valence-electron chi connectivity index (χ1n) is 4.55. The standard InChI is InChI=1S/C10H14O3/c1-6-4-8-9(5-7(6)11)13-10(2,3)12-8/h4,8-9H,5H2,1-3H3/t8-,9+/m0/s1. The van der Waals surface area contributed by atoms with Gasteiger partial charge >= 0.3 is 0 Å². The highest BCUT2D eigenvalue weighted by Gasteiger charge is 2.43. The van der Waals surface area contributed by atoms with Crippen LogP contribution in [0.2, 0.25) is 0 Å². The molecule has 13 heavy (non-hydrogen) atoms. The summed E-state index contributed by atoms with van der Waals surface area (Å²) in [6.07, 6.45) is 2.21. The molecule has 0 aromatic carbocycles. The third-order valence-electron chi connectivity index (χ3n) is 2.46. The fourth-order valence-corrected chi connectivity index (χ4v) is 1.85. The van der Waals surface area contributed by atoms with E-state index in [0.717, 1.165) is 5.57 Å². The van der Waals surface area contributed by atoms with Gasteiger partial charge in [0.05, 0.1) is 6.10 Å². The van der Waals surface area contributed by atoms with Crippen LogP contribution in [0.3, 0.4) is 0 Å². The van der Waals surface area contributed by atoms with Crippen molar-refractivity contribution >= 4 is 5.78 Å². The number of Topliss-reactive ketones (excluding diaryl/α,β-unsaturated/α-hetero) is 1. The summed E-state index contributed by atoms with van der Waals surface area (Å²) in [5, 5.41) is 0. The summed E-state index contributed by atoms with van der Waals surface area (Å²) >= 11 is 0. The number of rotatable bonds is 0. The van der Waals surface area contributed by atoms with E-state index >= 15 is 0 Å². The molecule has 0 aromatic heterocycles. The van der Waals surface area contributed by atoms with Gasteiger partial charge in [0.25, 0.3) is 0 Å². The molecule has 3 nitrogen and oxygen atoms in total. The maximum Gasteiger partial charge on any atom is 0.164 e. The van der Waals surface area contributed by atoms with Crippen LogP contribution in [0.4, 0.5) is 0 Å². The lowest BCUT2D eigenvalue weighted by atomic mass is 9.95. The number of ketones is 1. The maximum atomic E-state index is 11.3. The van der Waals surface area contributed by atoms with Crippen molar-refractivity contribution in [3.63, 3.8) is 0 Å². The van der Waals surface area contributed by atoms with Gasteiger partial charge in [0, 0.05) is 6.42 Å². The highest BCUT2D eigenvalue weighted by atomic mass is 16.7. The summed E-state index contributed by atoms with van der Waals surface area (Å²) < 4.78 is 11.2. The predicted molar refractivity (Wildman–Crippen MR) is 47.2 cm³/mol. The van der Waals surface area contributed by atoms with Gasteiger partial charge in [-0.2, -0.15) is 0 Å². The summed E-state index contributed by atoms with van der Waals surface area (Å²) in [4.78, 5) is 11.3. The zero-order valence-corrected chi connectivity index (χ0v) is 8.16. The molecule has 0 bridgehead atoms. The molecule has 0 amide bonds. The Labute approximate surface area is 77.7 Å². The fourth-order valence-electron chi connectivity index (χ4n) is 1.85. The molecule has 0 N–H and O–H groups in total. The van der Waals surface area contributed by atoms with Crippen molar-refractivity contribution in [3.05, 3.63) is 11.6 Å². The Morgan fingerprint density at radius 3 is 2.85 bits per heavy atom. The molecule has 2 aliphatic rings. The summed E-state index contributed by atoms with van der Waals surface area (Å²) in [6.45, 7) is 5.57. The van der Waals surface area contributed by atoms with Gasteiger partial charge in [-0.1, -0.05) is 0 Å². The van der Waals surface area contributed by atoms with Crippen LogP contribution in [-0.4, -0.2) is 23.8 Å². The summed E-state index contributed by atoms with van der Waals surface area (Å²) in [7, 11) is 0. The van der Waals surface area contributed by atoms with E-state index in [0.29, 0.717) is 6.42 Å². The van der Waals surface area contributed by atoms with Crippen molar-refractivity contribution in [2.75, 3.05) is 0 Å². The van der Waals surface area contributed by atoms with Crippen molar-refractivity contribution in [1.82, 2.24) is 0 Å². The molecule has 1 aliphatic carbocycles. The number of fused-ring (bicyclic) bond motifs is 1. The van der Waals surface area contributed by atoms with Crippen LogP contribution >= 0.6 is 0 Å². The van der Waals surface area contributed by atoms with Gasteiger partial charge in [0.15, 0.2) is 11.6 Å². The monoisotopic (exact) mass is 182 g/mol. The molecule has 0 aromatic rings. The zero-order chi connectivity index (χ0) is 9.64. The summed E-state index contributed by atoms with van der Waals surface area (Å²) in [5.74, 6) is -0.376. The molecule has 72 valence electrons. The zero-order valence-electron chi connectivity index (χ0n) is 8.16. The molecule has 0 saturated carbocycles. The second kappa shape index (κ2) is 2.66. The Morgan fingerprint density at radius 1 is 1.46 bits per heavy atom. The van der Waals surface area contributed by atoms with Crippen LogP contribution in [0.15, 0.2) is 11.6 Å². The molecule has 0 spiro atoms. The first-order chi connectivity index (χ1) is 5.98. The van der Waals surface area contributed by atoms with Crippen LogP contribution in [0.25, 0.3) is 0 Å². The van der Waals surface area contributed by atoms with Gasteiger partial charge in [-0.25, -0.2) is 0 Å². The lowest BCUT2D eigenvalue weighted by Crippen LogP contribution is -2.29. The van der Waals surface area contributed by atoms with Crippen LogP contribution < -0.4 is 0 Å². The van der Waals surface area contributed by atoms with E-state index in [2.05, 4.69) is 0 Å². The van der Waals surface area contributed by atoms with E-state index in [9.17, 15) is 4.79 Å². The van der Waals surface area contributed by atoms with Crippen molar-refractivity contribution in [2.24, 2.45) is 0 Å². The molecule has 1 heterocycles. The number of carbonyl (C=O) groups excluding carboxylic acids is 1. The average Bonchev–Trinajstić information content (AvgIpc) is 2.24. The molecule has 0 radical (unpaired) electrons. The van der Waals surface area contributed by atoms with Gasteiger partial charge < -0.3 is 9.47 Å². The van der Waals surface area contributed by atoms with Crippen molar-refractivity contribution in [2.45, 2.75) is 45.2 Å². The van der Waals surface area contributed by atoms with Gasteiger partial charge in [0.1, 0.15) is 6.10 Å². The molecule has 3 heteroatoms. The summed E-state index contributed by atoms with van der Waals surface area (Å²) in [6, 6.07) is 0. The first kappa shape index (κ1) is 8.91. The van der Waals surface area contributed by atoms with Crippen LogP contribution in [-0.2, 0) is 14.3 Å². The molecular weight excluding hydrogens is 168 g/mol. The van der Waals surface area contributed by atoms with Crippen LogP contribution in [0.5, 0.6) is 0 Å². The molecular formula is C10H14O3. The minimum Gasteiger partial charge on any atom is -0.344 e. The van der Waals surface area contributed by atoms with E-state index < -0.39 is 5.79 Å². The molecule has 2 rings (SSSR count). The predicted octanol–water partition coefficient (Wildman–Crippen LogP) is 1.43. The number of carbonyl (C=O) groups is 1. The molecule has 1 aliphatic heterocycles. The van der Waals surface area contributed by atoms with Crippen molar-refractivity contribution in [3.8, 4) is 0 Å². The molecule has 0 unspecified atom stereocenters. The lowest BCUT2D eigenvalue weighted by molar-refractivity contribution is -0.144.